The average Bonchev–Trinajstić information content (AvgIpc) is 3.52. The first-order valence-electron chi connectivity index (χ1n) is 15.6. The molecule has 7 rings (SSSR count). The van der Waals surface area contributed by atoms with Gasteiger partial charge in [-0.3, -0.25) is 4.68 Å². The summed E-state index contributed by atoms with van der Waals surface area (Å²) in [5, 5.41) is 27.7. The van der Waals surface area contributed by atoms with E-state index in [9.17, 15) is 10.2 Å². The number of phenolic OH excluding ortho intramolecular Hbond substituents is 1. The molecule has 2 aliphatic carbocycles. The van der Waals surface area contributed by atoms with E-state index in [2.05, 4.69) is 69.1 Å². The lowest BCUT2D eigenvalue weighted by atomic mass is 9.57. The van der Waals surface area contributed by atoms with Gasteiger partial charge in [0.2, 0.25) is 0 Å². The van der Waals surface area contributed by atoms with Crippen molar-refractivity contribution in [3.8, 4) is 17.2 Å². The molecular formula is C36H43N3O4. The van der Waals surface area contributed by atoms with E-state index in [1.165, 1.54) is 16.8 Å². The zero-order valence-electron chi connectivity index (χ0n) is 26.1. The Morgan fingerprint density at radius 1 is 1.02 bits per heavy atom. The number of aliphatic hydroxyl groups is 1. The Bertz CT molecular complexity index is 1760. The second kappa shape index (κ2) is 9.91. The maximum atomic E-state index is 11.0. The van der Waals surface area contributed by atoms with Gasteiger partial charge >= 0.3 is 0 Å². The minimum Gasteiger partial charge on any atom is -0.504 e. The average molecular weight is 582 g/mol. The predicted octanol–water partition coefficient (Wildman–Crippen LogP) is 6.76. The number of ether oxygens (including phenoxy) is 2. The van der Waals surface area contributed by atoms with Crippen molar-refractivity contribution in [2.45, 2.75) is 76.9 Å². The molecule has 1 aliphatic heterocycles. The van der Waals surface area contributed by atoms with Gasteiger partial charge in [0.25, 0.3) is 0 Å². The van der Waals surface area contributed by atoms with Gasteiger partial charge in [0.15, 0.2) is 11.5 Å². The van der Waals surface area contributed by atoms with Crippen LogP contribution in [0.5, 0.6) is 17.2 Å². The minimum atomic E-state index is -0.402. The first-order valence-corrected chi connectivity index (χ1v) is 15.6. The van der Waals surface area contributed by atoms with Crippen LogP contribution in [0.3, 0.4) is 0 Å². The highest BCUT2D eigenvalue weighted by atomic mass is 16.5. The molecule has 0 amide bonds. The molecule has 0 radical (unpaired) electrons. The Hall–Kier alpha value is -3.71. The zero-order chi connectivity index (χ0) is 30.3. The van der Waals surface area contributed by atoms with Crippen molar-refractivity contribution in [2.75, 3.05) is 7.11 Å². The Morgan fingerprint density at radius 3 is 2.56 bits per heavy atom. The monoisotopic (exact) mass is 581 g/mol. The van der Waals surface area contributed by atoms with E-state index < -0.39 is 5.60 Å². The number of methoxy groups -OCH3 is 1. The molecule has 4 atom stereocenters. The third-order valence-corrected chi connectivity index (χ3v) is 10.7. The molecule has 226 valence electrons. The topological polar surface area (TPSA) is 81.7 Å². The Labute approximate surface area is 253 Å². The molecule has 4 aromatic rings. The summed E-state index contributed by atoms with van der Waals surface area (Å²) in [7, 11) is 5.85. The zero-order valence-corrected chi connectivity index (χ0v) is 26.1. The summed E-state index contributed by atoms with van der Waals surface area (Å²) in [5.41, 5.74) is 7.21. The highest BCUT2D eigenvalue weighted by molar-refractivity contribution is 5.93. The highest BCUT2D eigenvalue weighted by Gasteiger charge is 2.54. The Morgan fingerprint density at radius 2 is 1.79 bits per heavy atom. The van der Waals surface area contributed by atoms with E-state index in [-0.39, 0.29) is 23.2 Å². The standard InChI is InChI=1S/C36H43N3O4/c1-35(2)31-18-23-14-21(16-29(40)34(23)43-36(31,3)13-12-32(35)41)10-11-22-15-28-33(30(17-22)42-6)26(19-38(28)4)24-8-7-9-27-25(24)20-39(5)37-27/h10-11,14-17,19-20,24,31-32,40-41H,7-9,12-13,18H2,1-6H3/b11-10+/t24?,31-,32-,36-/m1/s1. The number of benzene rings is 2. The summed E-state index contributed by atoms with van der Waals surface area (Å²) < 4.78 is 16.7. The summed E-state index contributed by atoms with van der Waals surface area (Å²) in [6, 6.07) is 8.22. The maximum absolute atomic E-state index is 11.0. The fourth-order valence-electron chi connectivity index (χ4n) is 8.34. The van der Waals surface area contributed by atoms with E-state index in [0.717, 1.165) is 65.4 Å². The van der Waals surface area contributed by atoms with Crippen LogP contribution in [0, 0.1) is 11.3 Å². The largest absolute Gasteiger partial charge is 0.504 e. The fraction of sp³-hybridized carbons (Fsp3) is 0.472. The van der Waals surface area contributed by atoms with Crippen LogP contribution in [0.1, 0.15) is 85.9 Å². The molecule has 43 heavy (non-hydrogen) atoms. The first-order chi connectivity index (χ1) is 20.5. The van der Waals surface area contributed by atoms with Crippen molar-refractivity contribution in [2.24, 2.45) is 25.4 Å². The van der Waals surface area contributed by atoms with Crippen molar-refractivity contribution in [3.05, 3.63) is 70.2 Å². The van der Waals surface area contributed by atoms with Crippen molar-refractivity contribution in [3.63, 3.8) is 0 Å². The van der Waals surface area contributed by atoms with Gasteiger partial charge in [-0.05, 0) is 97.4 Å². The van der Waals surface area contributed by atoms with E-state index in [4.69, 9.17) is 14.6 Å². The molecule has 1 saturated carbocycles. The van der Waals surface area contributed by atoms with Crippen molar-refractivity contribution >= 4 is 23.1 Å². The molecule has 0 spiro atoms. The van der Waals surface area contributed by atoms with Gasteiger partial charge in [-0.1, -0.05) is 26.0 Å². The van der Waals surface area contributed by atoms with Crippen LogP contribution in [-0.2, 0) is 26.9 Å². The van der Waals surface area contributed by atoms with Crippen LogP contribution in [-0.4, -0.2) is 43.4 Å². The number of hydrogen-bond donors (Lipinski definition) is 2. The Balaban J connectivity index is 1.23. The number of rotatable bonds is 4. The predicted molar refractivity (Wildman–Crippen MR) is 170 cm³/mol. The number of phenols is 1. The second-order valence-corrected chi connectivity index (χ2v) is 13.9. The summed E-state index contributed by atoms with van der Waals surface area (Å²) >= 11 is 0. The van der Waals surface area contributed by atoms with E-state index in [0.29, 0.717) is 18.1 Å². The van der Waals surface area contributed by atoms with E-state index in [1.54, 1.807) is 13.2 Å². The fourth-order valence-corrected chi connectivity index (χ4v) is 8.34. The van der Waals surface area contributed by atoms with Gasteiger partial charge in [-0.2, -0.15) is 5.10 Å². The van der Waals surface area contributed by atoms with Gasteiger partial charge in [0.1, 0.15) is 11.4 Å². The molecule has 2 aromatic carbocycles. The normalized spacial score (nSPS) is 26.2. The number of hydrogen-bond acceptors (Lipinski definition) is 5. The summed E-state index contributed by atoms with van der Waals surface area (Å²) in [6.07, 6.45) is 13.7. The number of aryl methyl sites for hydroxylation is 3. The quantitative estimate of drug-likeness (QED) is 0.261. The van der Waals surface area contributed by atoms with Crippen LogP contribution in [0.25, 0.3) is 23.1 Å². The molecule has 3 aliphatic rings. The van der Waals surface area contributed by atoms with Gasteiger partial charge < -0.3 is 24.3 Å². The number of nitrogens with zero attached hydrogens (tertiary/aromatic N) is 3. The third kappa shape index (κ3) is 4.46. The smallest absolute Gasteiger partial charge is 0.164 e. The van der Waals surface area contributed by atoms with Crippen LogP contribution < -0.4 is 9.47 Å². The van der Waals surface area contributed by atoms with Crippen molar-refractivity contribution in [1.82, 2.24) is 14.3 Å². The number of aromatic nitrogens is 3. The number of aromatic hydroxyl groups is 1. The molecule has 7 heteroatoms. The van der Waals surface area contributed by atoms with Crippen LogP contribution >= 0.6 is 0 Å². The van der Waals surface area contributed by atoms with Gasteiger partial charge in [-0.15, -0.1) is 0 Å². The lowest BCUT2D eigenvalue weighted by Crippen LogP contribution is -2.58. The lowest BCUT2D eigenvalue weighted by Gasteiger charge is -2.55. The molecule has 0 saturated heterocycles. The third-order valence-electron chi connectivity index (χ3n) is 10.7. The van der Waals surface area contributed by atoms with Crippen molar-refractivity contribution in [1.29, 1.82) is 0 Å². The maximum Gasteiger partial charge on any atom is 0.164 e. The first kappa shape index (κ1) is 28.1. The summed E-state index contributed by atoms with van der Waals surface area (Å²) in [6.45, 7) is 6.41. The van der Waals surface area contributed by atoms with Gasteiger partial charge in [-0.25, -0.2) is 0 Å². The second-order valence-electron chi connectivity index (χ2n) is 13.9. The summed E-state index contributed by atoms with van der Waals surface area (Å²) in [4.78, 5) is 0. The molecule has 0 bridgehead atoms. The molecule has 7 nitrogen and oxygen atoms in total. The van der Waals surface area contributed by atoms with Crippen molar-refractivity contribution < 1.29 is 19.7 Å². The van der Waals surface area contributed by atoms with Crippen LogP contribution in [0.4, 0.5) is 0 Å². The number of aliphatic hydroxyl groups excluding tert-OH is 1. The number of fused-ring (bicyclic) bond motifs is 4. The SMILES string of the molecule is COc1cc(/C=C/c2cc(O)c3c(c2)C[C@@H]2C(C)(C)[C@H](O)CC[C@@]2(C)O3)cc2c1c(C1CCCc3nn(C)cc31)cn2C. The minimum absolute atomic E-state index is 0.153. The van der Waals surface area contributed by atoms with Crippen LogP contribution in [0.15, 0.2) is 36.7 Å². The highest BCUT2D eigenvalue weighted by Crippen LogP contribution is 2.55. The summed E-state index contributed by atoms with van der Waals surface area (Å²) in [5.74, 6) is 2.07. The molecule has 3 heterocycles. The van der Waals surface area contributed by atoms with Crippen LogP contribution in [0.2, 0.25) is 0 Å². The molecule has 2 N–H and O–H groups in total. The lowest BCUT2D eigenvalue weighted by molar-refractivity contribution is -0.138. The molecule has 2 aromatic heterocycles. The van der Waals surface area contributed by atoms with E-state index in [1.807, 2.05) is 17.8 Å². The molecule has 1 fully saturated rings. The van der Waals surface area contributed by atoms with E-state index >= 15 is 0 Å². The van der Waals surface area contributed by atoms with Gasteiger partial charge in [0.05, 0.1) is 24.4 Å². The van der Waals surface area contributed by atoms with Gasteiger partial charge in [0, 0.05) is 49.3 Å². The molecule has 1 unspecified atom stereocenters. The Kier molecular flexibility index (Phi) is 6.47. The molecular weight excluding hydrogens is 538 g/mol.